The van der Waals surface area contributed by atoms with Crippen molar-refractivity contribution in [3.05, 3.63) is 69.2 Å². The number of hydrogen-bond donors (Lipinski definition) is 1. The number of amides is 2. The molecular weight excluding hydrogens is 443 g/mol. The zero-order valence-corrected chi connectivity index (χ0v) is 20.4. The molecule has 1 fully saturated rings. The highest BCUT2D eigenvalue weighted by molar-refractivity contribution is 6.42. The molecule has 1 aliphatic carbocycles. The number of halogens is 2. The van der Waals surface area contributed by atoms with Gasteiger partial charge >= 0.3 is 0 Å². The van der Waals surface area contributed by atoms with Gasteiger partial charge in [0.1, 0.15) is 6.04 Å². The third kappa shape index (κ3) is 6.73. The van der Waals surface area contributed by atoms with Crippen LogP contribution in [0, 0.1) is 6.92 Å². The Morgan fingerprint density at radius 1 is 1.00 bits per heavy atom. The number of rotatable bonds is 8. The SMILES string of the molecule is CC[C@@H](C(=O)NC1CCCCC1)N(Cc1ccc(Cl)c(Cl)c1)C(=O)Cc1ccc(C)cc1. The topological polar surface area (TPSA) is 49.4 Å². The summed E-state index contributed by atoms with van der Waals surface area (Å²) in [6.07, 6.45) is 6.30. The second-order valence-corrected chi connectivity index (χ2v) is 9.51. The van der Waals surface area contributed by atoms with Crippen LogP contribution in [0.4, 0.5) is 0 Å². The molecule has 1 N–H and O–H groups in total. The monoisotopic (exact) mass is 474 g/mol. The molecule has 4 nitrogen and oxygen atoms in total. The third-order valence-electron chi connectivity index (χ3n) is 6.15. The second kappa shape index (κ2) is 11.7. The van der Waals surface area contributed by atoms with Crippen LogP contribution >= 0.6 is 23.2 Å². The molecule has 2 aromatic rings. The van der Waals surface area contributed by atoms with Crippen LogP contribution in [0.5, 0.6) is 0 Å². The molecule has 1 aliphatic rings. The minimum Gasteiger partial charge on any atom is -0.352 e. The van der Waals surface area contributed by atoms with E-state index in [1.54, 1.807) is 17.0 Å². The standard InChI is InChI=1S/C26H32Cl2N2O2/c1-3-24(26(32)29-21-7-5-4-6-8-21)30(17-20-13-14-22(27)23(28)15-20)25(31)16-19-11-9-18(2)10-12-19/h9-15,21,24H,3-8,16-17H2,1-2H3,(H,29,32)/t24-/m0/s1. The third-order valence-corrected chi connectivity index (χ3v) is 6.89. The molecule has 1 atom stereocenters. The molecule has 0 spiro atoms. The van der Waals surface area contributed by atoms with Gasteiger partial charge in [-0.05, 0) is 49.4 Å². The predicted octanol–water partition coefficient (Wildman–Crippen LogP) is 6.10. The molecule has 6 heteroatoms. The van der Waals surface area contributed by atoms with Gasteiger partial charge in [0.2, 0.25) is 11.8 Å². The number of benzene rings is 2. The average Bonchev–Trinajstić information content (AvgIpc) is 2.78. The van der Waals surface area contributed by atoms with Crippen molar-refractivity contribution in [2.75, 3.05) is 0 Å². The fraction of sp³-hybridized carbons (Fsp3) is 0.462. The summed E-state index contributed by atoms with van der Waals surface area (Å²) in [5.74, 6) is -0.151. The predicted molar refractivity (Wildman–Crippen MR) is 131 cm³/mol. The molecule has 32 heavy (non-hydrogen) atoms. The van der Waals surface area contributed by atoms with Gasteiger partial charge in [0.15, 0.2) is 0 Å². The highest BCUT2D eigenvalue weighted by atomic mass is 35.5. The summed E-state index contributed by atoms with van der Waals surface area (Å²) in [6, 6.07) is 12.9. The lowest BCUT2D eigenvalue weighted by Crippen LogP contribution is -2.51. The summed E-state index contributed by atoms with van der Waals surface area (Å²) < 4.78 is 0. The van der Waals surface area contributed by atoms with Crippen LogP contribution in [-0.4, -0.2) is 28.8 Å². The van der Waals surface area contributed by atoms with Crippen LogP contribution in [0.2, 0.25) is 10.0 Å². The van der Waals surface area contributed by atoms with Crippen molar-refractivity contribution in [1.29, 1.82) is 0 Å². The number of nitrogens with one attached hydrogen (secondary N) is 1. The van der Waals surface area contributed by atoms with E-state index in [0.717, 1.165) is 42.4 Å². The van der Waals surface area contributed by atoms with E-state index in [1.165, 1.54) is 6.42 Å². The first kappa shape index (κ1) is 24.6. The highest BCUT2D eigenvalue weighted by Crippen LogP contribution is 2.25. The van der Waals surface area contributed by atoms with Gasteiger partial charge in [-0.1, -0.05) is 85.3 Å². The number of nitrogens with zero attached hydrogens (tertiary/aromatic N) is 1. The Morgan fingerprint density at radius 2 is 1.66 bits per heavy atom. The van der Waals surface area contributed by atoms with Crippen molar-refractivity contribution in [1.82, 2.24) is 10.2 Å². The summed E-state index contributed by atoms with van der Waals surface area (Å²) >= 11 is 12.3. The first-order valence-electron chi connectivity index (χ1n) is 11.5. The Kier molecular flexibility index (Phi) is 9.01. The largest absolute Gasteiger partial charge is 0.352 e. The summed E-state index contributed by atoms with van der Waals surface area (Å²) in [5.41, 5.74) is 2.93. The van der Waals surface area contributed by atoms with Gasteiger partial charge in [-0.2, -0.15) is 0 Å². The lowest BCUT2D eigenvalue weighted by atomic mass is 9.95. The maximum absolute atomic E-state index is 13.4. The Bertz CT molecular complexity index is 924. The molecule has 0 aromatic heterocycles. The van der Waals surface area contributed by atoms with Gasteiger partial charge in [0.25, 0.3) is 0 Å². The van der Waals surface area contributed by atoms with Crippen molar-refractivity contribution in [3.8, 4) is 0 Å². The van der Waals surface area contributed by atoms with Crippen molar-refractivity contribution in [2.24, 2.45) is 0 Å². The van der Waals surface area contributed by atoms with Crippen LogP contribution in [0.1, 0.15) is 62.1 Å². The van der Waals surface area contributed by atoms with Gasteiger partial charge < -0.3 is 10.2 Å². The molecule has 0 bridgehead atoms. The molecule has 2 aromatic carbocycles. The van der Waals surface area contributed by atoms with Crippen molar-refractivity contribution < 1.29 is 9.59 Å². The van der Waals surface area contributed by atoms with Gasteiger partial charge in [-0.15, -0.1) is 0 Å². The van der Waals surface area contributed by atoms with Crippen molar-refractivity contribution in [2.45, 2.75) is 77.4 Å². The Hall–Kier alpha value is -2.04. The fourth-order valence-electron chi connectivity index (χ4n) is 4.28. The molecule has 0 saturated heterocycles. The number of hydrogen-bond acceptors (Lipinski definition) is 2. The Labute approximate surface area is 201 Å². The smallest absolute Gasteiger partial charge is 0.243 e. The lowest BCUT2D eigenvalue weighted by Gasteiger charge is -2.33. The molecule has 3 rings (SSSR count). The second-order valence-electron chi connectivity index (χ2n) is 8.70. The van der Waals surface area contributed by atoms with Gasteiger partial charge in [-0.25, -0.2) is 0 Å². The van der Waals surface area contributed by atoms with E-state index in [9.17, 15) is 9.59 Å². The van der Waals surface area contributed by atoms with Gasteiger partial charge in [0.05, 0.1) is 16.5 Å². The summed E-state index contributed by atoms with van der Waals surface area (Å²) in [5, 5.41) is 4.11. The van der Waals surface area contributed by atoms with Crippen LogP contribution in [-0.2, 0) is 22.6 Å². The van der Waals surface area contributed by atoms with Crippen molar-refractivity contribution >= 4 is 35.0 Å². The van der Waals surface area contributed by atoms with Crippen LogP contribution in [0.3, 0.4) is 0 Å². The van der Waals surface area contributed by atoms with E-state index in [-0.39, 0.29) is 24.3 Å². The lowest BCUT2D eigenvalue weighted by molar-refractivity contribution is -0.141. The minimum atomic E-state index is -0.538. The number of carbonyl (C=O) groups excluding carboxylic acids is 2. The molecule has 0 aliphatic heterocycles. The zero-order valence-electron chi connectivity index (χ0n) is 18.9. The molecule has 1 saturated carbocycles. The summed E-state index contributed by atoms with van der Waals surface area (Å²) in [4.78, 5) is 28.4. The van der Waals surface area contributed by atoms with E-state index in [2.05, 4.69) is 5.32 Å². The number of carbonyl (C=O) groups is 2. The molecule has 0 heterocycles. The molecule has 0 radical (unpaired) electrons. The zero-order chi connectivity index (χ0) is 23.1. The van der Waals surface area contributed by atoms with Crippen LogP contribution in [0.25, 0.3) is 0 Å². The first-order valence-corrected chi connectivity index (χ1v) is 12.2. The van der Waals surface area contributed by atoms with E-state index in [0.29, 0.717) is 23.0 Å². The van der Waals surface area contributed by atoms with E-state index < -0.39 is 6.04 Å². The fourth-order valence-corrected chi connectivity index (χ4v) is 4.60. The van der Waals surface area contributed by atoms with E-state index >= 15 is 0 Å². The molecule has 172 valence electrons. The Balaban J connectivity index is 1.82. The quantitative estimate of drug-likeness (QED) is 0.502. The minimum absolute atomic E-state index is 0.0725. The molecular formula is C26H32Cl2N2O2. The van der Waals surface area contributed by atoms with Crippen LogP contribution < -0.4 is 5.32 Å². The maximum Gasteiger partial charge on any atom is 0.243 e. The molecule has 0 unspecified atom stereocenters. The highest BCUT2D eigenvalue weighted by Gasteiger charge is 2.30. The van der Waals surface area contributed by atoms with Gasteiger partial charge in [0, 0.05) is 12.6 Å². The van der Waals surface area contributed by atoms with E-state index in [1.807, 2.05) is 44.2 Å². The number of aryl methyl sites for hydroxylation is 1. The van der Waals surface area contributed by atoms with Gasteiger partial charge in [-0.3, -0.25) is 9.59 Å². The average molecular weight is 475 g/mol. The summed E-state index contributed by atoms with van der Waals surface area (Å²) in [7, 11) is 0. The Morgan fingerprint density at radius 3 is 2.28 bits per heavy atom. The normalized spacial score (nSPS) is 15.2. The summed E-state index contributed by atoms with van der Waals surface area (Å²) in [6.45, 7) is 4.27. The van der Waals surface area contributed by atoms with Crippen molar-refractivity contribution in [3.63, 3.8) is 0 Å². The maximum atomic E-state index is 13.4. The molecule has 2 amide bonds. The first-order chi connectivity index (χ1) is 15.4. The van der Waals surface area contributed by atoms with Crippen LogP contribution in [0.15, 0.2) is 42.5 Å². The van der Waals surface area contributed by atoms with E-state index in [4.69, 9.17) is 23.2 Å².